The molecular formula is C12H14O4. The number of rotatable bonds is 2. The molecule has 86 valence electrons. The number of hydrogen-bond acceptors (Lipinski definition) is 4. The summed E-state index contributed by atoms with van der Waals surface area (Å²) < 4.78 is 10.8. The molecule has 4 unspecified atom stereocenters. The van der Waals surface area contributed by atoms with Crippen LogP contribution in [-0.2, 0) is 19.1 Å². The van der Waals surface area contributed by atoms with Crippen LogP contribution in [0.1, 0.15) is 19.8 Å². The monoisotopic (exact) mass is 222 g/mol. The summed E-state index contributed by atoms with van der Waals surface area (Å²) in [5.74, 6) is -0.870. The van der Waals surface area contributed by atoms with Crippen molar-refractivity contribution in [2.24, 2.45) is 11.8 Å². The van der Waals surface area contributed by atoms with Crippen molar-refractivity contribution in [3.05, 3.63) is 12.2 Å². The standard InChI is InChI=1S/C12H14O4/c1-2-15-11(14)9-8-4-6-12(16-8)5-3-7(13)10(9)12/h4,6,8-10H,2-3,5H2,1H3. The molecule has 4 atom stereocenters. The zero-order valence-corrected chi connectivity index (χ0v) is 9.14. The number of carbonyl (C=O) groups is 2. The summed E-state index contributed by atoms with van der Waals surface area (Å²) in [5.41, 5.74) is -0.487. The second-order valence-corrected chi connectivity index (χ2v) is 4.62. The van der Waals surface area contributed by atoms with Crippen molar-refractivity contribution in [1.82, 2.24) is 0 Å². The molecule has 2 aliphatic heterocycles. The fourth-order valence-electron chi connectivity index (χ4n) is 3.21. The van der Waals surface area contributed by atoms with E-state index in [4.69, 9.17) is 9.47 Å². The average molecular weight is 222 g/mol. The molecule has 3 rings (SSSR count). The van der Waals surface area contributed by atoms with Gasteiger partial charge in [0.25, 0.3) is 0 Å². The predicted octanol–water partition coefficient (Wildman–Crippen LogP) is 0.852. The van der Waals surface area contributed by atoms with Gasteiger partial charge in [-0.25, -0.2) is 0 Å². The van der Waals surface area contributed by atoms with Gasteiger partial charge in [0.2, 0.25) is 0 Å². The lowest BCUT2D eigenvalue weighted by molar-refractivity contribution is -0.151. The first-order valence-corrected chi connectivity index (χ1v) is 5.74. The number of hydrogen-bond donors (Lipinski definition) is 0. The summed E-state index contributed by atoms with van der Waals surface area (Å²) in [4.78, 5) is 23.7. The van der Waals surface area contributed by atoms with Crippen LogP contribution in [-0.4, -0.2) is 30.1 Å². The van der Waals surface area contributed by atoms with Crippen LogP contribution in [0.15, 0.2) is 12.2 Å². The van der Waals surface area contributed by atoms with E-state index in [1.165, 1.54) is 0 Å². The van der Waals surface area contributed by atoms with Crippen LogP contribution >= 0.6 is 0 Å². The lowest BCUT2D eigenvalue weighted by Gasteiger charge is -2.24. The summed E-state index contributed by atoms with van der Waals surface area (Å²) in [6, 6.07) is 0. The van der Waals surface area contributed by atoms with E-state index in [2.05, 4.69) is 0 Å². The molecule has 2 fully saturated rings. The van der Waals surface area contributed by atoms with Crippen molar-refractivity contribution in [3.63, 3.8) is 0 Å². The molecule has 16 heavy (non-hydrogen) atoms. The van der Waals surface area contributed by atoms with Gasteiger partial charge in [-0.1, -0.05) is 12.2 Å². The number of ketones is 1. The summed E-state index contributed by atoms with van der Waals surface area (Å²) >= 11 is 0. The van der Waals surface area contributed by atoms with Gasteiger partial charge in [0, 0.05) is 6.42 Å². The minimum atomic E-state index is -0.487. The molecule has 1 saturated carbocycles. The number of carbonyl (C=O) groups excluding carboxylic acids is 2. The van der Waals surface area contributed by atoms with Crippen LogP contribution in [0.4, 0.5) is 0 Å². The normalized spacial score (nSPS) is 43.8. The smallest absolute Gasteiger partial charge is 0.312 e. The lowest BCUT2D eigenvalue weighted by Crippen LogP contribution is -2.38. The van der Waals surface area contributed by atoms with Crippen molar-refractivity contribution in [3.8, 4) is 0 Å². The number of esters is 1. The van der Waals surface area contributed by atoms with E-state index in [9.17, 15) is 9.59 Å². The molecule has 2 bridgehead atoms. The fourth-order valence-corrected chi connectivity index (χ4v) is 3.21. The Morgan fingerprint density at radius 2 is 2.50 bits per heavy atom. The molecule has 1 saturated heterocycles. The predicted molar refractivity (Wildman–Crippen MR) is 54.6 cm³/mol. The molecule has 0 N–H and O–H groups in total. The zero-order chi connectivity index (χ0) is 11.3. The molecule has 0 aromatic heterocycles. The number of Topliss-reactive ketones (excluding diaryl/α,β-unsaturated/α-hetero) is 1. The minimum Gasteiger partial charge on any atom is -0.466 e. The van der Waals surface area contributed by atoms with Crippen molar-refractivity contribution in [2.75, 3.05) is 6.61 Å². The third kappa shape index (κ3) is 1.08. The van der Waals surface area contributed by atoms with Gasteiger partial charge >= 0.3 is 5.97 Å². The van der Waals surface area contributed by atoms with Gasteiger partial charge in [-0.3, -0.25) is 9.59 Å². The highest BCUT2D eigenvalue weighted by molar-refractivity contribution is 5.92. The molecule has 1 aliphatic carbocycles. The summed E-state index contributed by atoms with van der Waals surface area (Å²) in [7, 11) is 0. The molecule has 4 nitrogen and oxygen atoms in total. The van der Waals surface area contributed by atoms with E-state index in [1.807, 2.05) is 12.2 Å². The molecular weight excluding hydrogens is 208 g/mol. The van der Waals surface area contributed by atoms with Gasteiger partial charge in [-0.2, -0.15) is 0 Å². The lowest BCUT2D eigenvalue weighted by atomic mass is 9.77. The Balaban J connectivity index is 1.93. The van der Waals surface area contributed by atoms with E-state index >= 15 is 0 Å². The number of fused-ring (bicyclic) bond motifs is 1. The highest BCUT2D eigenvalue weighted by Crippen LogP contribution is 2.54. The second-order valence-electron chi connectivity index (χ2n) is 4.62. The quantitative estimate of drug-likeness (QED) is 0.513. The summed E-state index contributed by atoms with van der Waals surface area (Å²) in [6.07, 6.45) is 4.82. The molecule has 0 radical (unpaired) electrons. The maximum absolute atomic E-state index is 11.8. The third-order valence-corrected chi connectivity index (χ3v) is 3.83. The summed E-state index contributed by atoms with van der Waals surface area (Å²) in [6.45, 7) is 2.12. The van der Waals surface area contributed by atoms with Gasteiger partial charge < -0.3 is 9.47 Å². The Kier molecular flexibility index (Phi) is 1.98. The maximum Gasteiger partial charge on any atom is 0.312 e. The van der Waals surface area contributed by atoms with Crippen molar-refractivity contribution in [2.45, 2.75) is 31.5 Å². The third-order valence-electron chi connectivity index (χ3n) is 3.83. The van der Waals surface area contributed by atoms with E-state index in [1.54, 1.807) is 6.92 Å². The Bertz CT molecular complexity index is 386. The first kappa shape index (κ1) is 10.0. The molecule has 4 heteroatoms. The van der Waals surface area contributed by atoms with Gasteiger partial charge in [-0.05, 0) is 13.3 Å². The fraction of sp³-hybridized carbons (Fsp3) is 0.667. The van der Waals surface area contributed by atoms with Crippen LogP contribution in [0, 0.1) is 11.8 Å². The van der Waals surface area contributed by atoms with Gasteiger partial charge in [0.1, 0.15) is 5.78 Å². The molecule has 0 aromatic carbocycles. The average Bonchev–Trinajstić information content (AvgIpc) is 2.89. The molecule has 0 amide bonds. The van der Waals surface area contributed by atoms with Crippen molar-refractivity contribution >= 4 is 11.8 Å². The van der Waals surface area contributed by atoms with Gasteiger partial charge in [0.15, 0.2) is 0 Å². The Morgan fingerprint density at radius 1 is 1.69 bits per heavy atom. The molecule has 0 aromatic rings. The van der Waals surface area contributed by atoms with E-state index in [0.29, 0.717) is 19.4 Å². The van der Waals surface area contributed by atoms with Crippen LogP contribution in [0.25, 0.3) is 0 Å². The van der Waals surface area contributed by atoms with Crippen LogP contribution in [0.5, 0.6) is 0 Å². The molecule has 2 heterocycles. The van der Waals surface area contributed by atoms with Gasteiger partial charge in [0.05, 0.1) is 30.1 Å². The Labute approximate surface area is 93.6 Å². The van der Waals surface area contributed by atoms with Crippen LogP contribution in [0.3, 0.4) is 0 Å². The first-order valence-electron chi connectivity index (χ1n) is 5.74. The van der Waals surface area contributed by atoms with Crippen molar-refractivity contribution in [1.29, 1.82) is 0 Å². The molecule has 1 spiro atoms. The van der Waals surface area contributed by atoms with E-state index in [-0.39, 0.29) is 23.8 Å². The highest BCUT2D eigenvalue weighted by Gasteiger charge is 2.64. The van der Waals surface area contributed by atoms with E-state index < -0.39 is 11.5 Å². The Morgan fingerprint density at radius 3 is 3.25 bits per heavy atom. The summed E-state index contributed by atoms with van der Waals surface area (Å²) in [5, 5.41) is 0. The largest absolute Gasteiger partial charge is 0.466 e. The van der Waals surface area contributed by atoms with Crippen LogP contribution < -0.4 is 0 Å². The second kappa shape index (κ2) is 3.17. The van der Waals surface area contributed by atoms with E-state index in [0.717, 1.165) is 0 Å². The number of ether oxygens (including phenoxy) is 2. The minimum absolute atomic E-state index is 0.143. The Hall–Kier alpha value is -1.16. The SMILES string of the molecule is CCOC(=O)C1C2C=CC3(CCC(=O)C13)O2. The van der Waals surface area contributed by atoms with Gasteiger partial charge in [-0.15, -0.1) is 0 Å². The topological polar surface area (TPSA) is 52.6 Å². The molecule has 3 aliphatic rings. The highest BCUT2D eigenvalue weighted by atomic mass is 16.6. The first-order chi connectivity index (χ1) is 7.68. The zero-order valence-electron chi connectivity index (χ0n) is 9.14. The van der Waals surface area contributed by atoms with Crippen LogP contribution in [0.2, 0.25) is 0 Å². The van der Waals surface area contributed by atoms with Crippen molar-refractivity contribution < 1.29 is 19.1 Å². The maximum atomic E-state index is 11.8.